The molecule has 0 unspecified atom stereocenters. The minimum atomic E-state index is -3.42. The summed E-state index contributed by atoms with van der Waals surface area (Å²) in [5.41, 5.74) is 6.86. The summed E-state index contributed by atoms with van der Waals surface area (Å²) >= 11 is 0. The van der Waals surface area contributed by atoms with Crippen molar-refractivity contribution in [2.45, 2.75) is 37.7 Å². The molecule has 1 saturated heterocycles. The summed E-state index contributed by atoms with van der Waals surface area (Å²) in [6, 6.07) is 16.1. The Bertz CT molecular complexity index is 942. The Hall–Kier alpha value is -1.85. The van der Waals surface area contributed by atoms with Crippen LogP contribution >= 0.6 is 24.0 Å². The Balaban J connectivity index is 0.00000341. The number of guanidine groups is 1. The van der Waals surface area contributed by atoms with E-state index >= 15 is 0 Å². The summed E-state index contributed by atoms with van der Waals surface area (Å²) in [4.78, 5) is 4.79. The van der Waals surface area contributed by atoms with E-state index in [0.717, 1.165) is 24.3 Å². The lowest BCUT2D eigenvalue weighted by molar-refractivity contribution is 0.242. The highest BCUT2D eigenvalue weighted by Gasteiger charge is 2.29. The summed E-state index contributed by atoms with van der Waals surface area (Å²) in [6.07, 6.45) is 1.67. The van der Waals surface area contributed by atoms with Crippen molar-refractivity contribution in [3.63, 3.8) is 0 Å². The SMILES string of the molecule is CC(C)Oc1ccc(NC(N)=NCC2CCN(S(=O)(=O)c3ccccc3)CC2)cc1.I. The van der Waals surface area contributed by atoms with Crippen molar-refractivity contribution in [1.82, 2.24) is 4.31 Å². The van der Waals surface area contributed by atoms with Gasteiger partial charge in [-0.05, 0) is 69.0 Å². The van der Waals surface area contributed by atoms with Crippen molar-refractivity contribution >= 4 is 45.6 Å². The van der Waals surface area contributed by atoms with E-state index in [9.17, 15) is 8.42 Å². The van der Waals surface area contributed by atoms with Crippen LogP contribution in [0.15, 0.2) is 64.5 Å². The first-order valence-electron chi connectivity index (χ1n) is 10.2. The Morgan fingerprint density at radius 3 is 2.32 bits per heavy atom. The monoisotopic (exact) mass is 558 g/mol. The van der Waals surface area contributed by atoms with Gasteiger partial charge >= 0.3 is 0 Å². The lowest BCUT2D eigenvalue weighted by Crippen LogP contribution is -2.39. The van der Waals surface area contributed by atoms with Gasteiger partial charge in [0, 0.05) is 25.3 Å². The minimum Gasteiger partial charge on any atom is -0.491 e. The largest absolute Gasteiger partial charge is 0.491 e. The van der Waals surface area contributed by atoms with Gasteiger partial charge in [0.1, 0.15) is 5.75 Å². The maximum absolute atomic E-state index is 12.7. The molecule has 2 aromatic rings. The molecule has 0 saturated carbocycles. The number of hydrogen-bond acceptors (Lipinski definition) is 4. The highest BCUT2D eigenvalue weighted by atomic mass is 127. The number of hydrogen-bond donors (Lipinski definition) is 2. The second-order valence-corrected chi connectivity index (χ2v) is 9.64. The molecule has 0 aliphatic carbocycles. The molecule has 0 aromatic heterocycles. The van der Waals surface area contributed by atoms with Gasteiger partial charge in [-0.15, -0.1) is 24.0 Å². The number of nitrogens with one attached hydrogen (secondary N) is 1. The van der Waals surface area contributed by atoms with Crippen LogP contribution in [-0.2, 0) is 10.0 Å². The fourth-order valence-electron chi connectivity index (χ4n) is 3.38. The quantitative estimate of drug-likeness (QED) is 0.305. The Morgan fingerprint density at radius 2 is 1.74 bits per heavy atom. The van der Waals surface area contributed by atoms with Gasteiger partial charge < -0.3 is 15.8 Å². The lowest BCUT2D eigenvalue weighted by atomic mass is 9.98. The van der Waals surface area contributed by atoms with Crippen LogP contribution in [0.3, 0.4) is 0 Å². The molecule has 1 aliphatic heterocycles. The average molecular weight is 558 g/mol. The molecule has 9 heteroatoms. The van der Waals surface area contributed by atoms with Crippen molar-refractivity contribution in [3.8, 4) is 5.75 Å². The van der Waals surface area contributed by atoms with Crippen LogP contribution in [0.2, 0.25) is 0 Å². The summed E-state index contributed by atoms with van der Waals surface area (Å²) in [6.45, 7) is 5.55. The third-order valence-electron chi connectivity index (χ3n) is 4.97. The molecule has 2 aromatic carbocycles. The van der Waals surface area contributed by atoms with E-state index in [-0.39, 0.29) is 30.1 Å². The van der Waals surface area contributed by atoms with E-state index in [2.05, 4.69) is 10.3 Å². The van der Waals surface area contributed by atoms with Crippen LogP contribution in [0.1, 0.15) is 26.7 Å². The molecule has 1 fully saturated rings. The van der Waals surface area contributed by atoms with E-state index in [1.54, 1.807) is 28.6 Å². The van der Waals surface area contributed by atoms with Crippen LogP contribution in [0.4, 0.5) is 5.69 Å². The van der Waals surface area contributed by atoms with Crippen LogP contribution in [0, 0.1) is 5.92 Å². The number of nitrogens with two attached hydrogens (primary N) is 1. The molecular weight excluding hydrogens is 527 g/mol. The first-order chi connectivity index (χ1) is 14.3. The minimum absolute atomic E-state index is 0. The smallest absolute Gasteiger partial charge is 0.243 e. The molecule has 0 atom stereocenters. The molecule has 170 valence electrons. The van der Waals surface area contributed by atoms with E-state index in [0.29, 0.717) is 36.4 Å². The molecule has 0 amide bonds. The number of halogens is 1. The van der Waals surface area contributed by atoms with Gasteiger partial charge in [0.25, 0.3) is 0 Å². The third-order valence-corrected chi connectivity index (χ3v) is 6.89. The Kier molecular flexibility index (Phi) is 9.57. The average Bonchev–Trinajstić information content (AvgIpc) is 2.74. The standard InChI is InChI=1S/C22H30N4O3S.HI/c1-17(2)29-20-10-8-19(9-11-20)25-22(23)24-16-18-12-14-26(15-13-18)30(27,28)21-6-4-3-5-7-21;/h3-11,17-18H,12-16H2,1-2H3,(H3,23,24,25);1H. The fraction of sp³-hybridized carbons (Fsp3) is 0.409. The summed E-state index contributed by atoms with van der Waals surface area (Å²) in [5, 5.41) is 3.08. The number of aliphatic imine (C=N–C) groups is 1. The first kappa shape index (κ1) is 25.4. The number of anilines is 1. The van der Waals surface area contributed by atoms with Crippen LogP contribution in [0.25, 0.3) is 0 Å². The second-order valence-electron chi connectivity index (χ2n) is 7.70. The number of rotatable bonds is 7. The highest BCUT2D eigenvalue weighted by Crippen LogP contribution is 2.24. The molecule has 3 rings (SSSR count). The van der Waals surface area contributed by atoms with E-state index in [4.69, 9.17) is 10.5 Å². The third kappa shape index (κ3) is 7.36. The maximum atomic E-state index is 12.7. The van der Waals surface area contributed by atoms with Crippen molar-refractivity contribution in [2.24, 2.45) is 16.6 Å². The number of benzene rings is 2. The predicted molar refractivity (Wildman–Crippen MR) is 136 cm³/mol. The Morgan fingerprint density at radius 1 is 1.13 bits per heavy atom. The van der Waals surface area contributed by atoms with E-state index in [1.165, 1.54) is 0 Å². The molecule has 3 N–H and O–H groups in total. The molecule has 7 nitrogen and oxygen atoms in total. The zero-order valence-corrected chi connectivity index (χ0v) is 21.0. The summed E-state index contributed by atoms with van der Waals surface area (Å²) < 4.78 is 32.6. The second kappa shape index (κ2) is 11.7. The zero-order valence-electron chi connectivity index (χ0n) is 17.9. The Labute approximate surface area is 202 Å². The summed E-state index contributed by atoms with van der Waals surface area (Å²) in [5.74, 6) is 1.48. The molecule has 0 radical (unpaired) electrons. The predicted octanol–water partition coefficient (Wildman–Crippen LogP) is 3.92. The molecule has 31 heavy (non-hydrogen) atoms. The number of ether oxygens (including phenoxy) is 1. The van der Waals surface area contributed by atoms with Crippen molar-refractivity contribution in [3.05, 3.63) is 54.6 Å². The summed E-state index contributed by atoms with van der Waals surface area (Å²) in [7, 11) is -3.42. The fourth-order valence-corrected chi connectivity index (χ4v) is 4.87. The number of nitrogens with zero attached hydrogens (tertiary/aromatic N) is 2. The van der Waals surface area contributed by atoms with Gasteiger partial charge in [-0.25, -0.2) is 8.42 Å². The van der Waals surface area contributed by atoms with Gasteiger partial charge in [-0.2, -0.15) is 4.31 Å². The van der Waals surface area contributed by atoms with Crippen LogP contribution in [-0.4, -0.2) is 44.4 Å². The van der Waals surface area contributed by atoms with Gasteiger partial charge in [-0.3, -0.25) is 4.99 Å². The highest BCUT2D eigenvalue weighted by molar-refractivity contribution is 14.0. The maximum Gasteiger partial charge on any atom is 0.243 e. The van der Waals surface area contributed by atoms with E-state index in [1.807, 2.05) is 44.2 Å². The first-order valence-corrected chi connectivity index (χ1v) is 11.7. The molecule has 0 spiro atoms. The van der Waals surface area contributed by atoms with Crippen LogP contribution in [0.5, 0.6) is 5.75 Å². The normalized spacial score (nSPS) is 16.0. The number of sulfonamides is 1. The van der Waals surface area contributed by atoms with E-state index < -0.39 is 10.0 Å². The van der Waals surface area contributed by atoms with Crippen molar-refractivity contribution in [1.29, 1.82) is 0 Å². The van der Waals surface area contributed by atoms with Gasteiger partial charge in [-0.1, -0.05) is 18.2 Å². The number of piperidine rings is 1. The topological polar surface area (TPSA) is 97.0 Å². The lowest BCUT2D eigenvalue weighted by Gasteiger charge is -2.30. The van der Waals surface area contributed by atoms with Gasteiger partial charge in [0.05, 0.1) is 11.0 Å². The molecular formula is C22H31IN4O3S. The van der Waals surface area contributed by atoms with Crippen LogP contribution < -0.4 is 15.8 Å². The van der Waals surface area contributed by atoms with Gasteiger partial charge in [0.15, 0.2) is 5.96 Å². The van der Waals surface area contributed by atoms with Crippen molar-refractivity contribution < 1.29 is 13.2 Å². The molecule has 1 aliphatic rings. The molecule has 0 bridgehead atoms. The molecule has 1 heterocycles. The van der Waals surface area contributed by atoms with Gasteiger partial charge in [0.2, 0.25) is 10.0 Å². The van der Waals surface area contributed by atoms with Crippen molar-refractivity contribution in [2.75, 3.05) is 25.0 Å². The zero-order chi connectivity index (χ0) is 21.6.